The minimum Gasteiger partial charge on any atom is -0.494 e. The number of ether oxygens (including phenoxy) is 1. The van der Waals surface area contributed by atoms with Crippen molar-refractivity contribution in [2.45, 2.75) is 18.4 Å². The van der Waals surface area contributed by atoms with E-state index in [2.05, 4.69) is 5.32 Å². The van der Waals surface area contributed by atoms with Gasteiger partial charge in [-0.25, -0.2) is 12.8 Å². The van der Waals surface area contributed by atoms with Crippen LogP contribution in [0.3, 0.4) is 0 Å². The van der Waals surface area contributed by atoms with Crippen LogP contribution in [0.15, 0.2) is 83.8 Å². The second-order valence-corrected chi connectivity index (χ2v) is 8.66. The fourth-order valence-electron chi connectivity index (χ4n) is 2.93. The first-order valence-corrected chi connectivity index (χ1v) is 11.1. The lowest BCUT2D eigenvalue weighted by Crippen LogP contribution is -2.37. The number of benzene rings is 3. The first kappa shape index (κ1) is 22.5. The van der Waals surface area contributed by atoms with Crippen molar-refractivity contribution in [3.63, 3.8) is 0 Å². The number of carbonyl (C=O) groups is 1. The summed E-state index contributed by atoms with van der Waals surface area (Å²) in [6.07, 6.45) is 0. The summed E-state index contributed by atoms with van der Waals surface area (Å²) in [4.78, 5) is 12.6. The van der Waals surface area contributed by atoms with E-state index in [0.717, 1.165) is 9.87 Å². The Hall–Kier alpha value is -3.23. The minimum absolute atomic E-state index is 0.0211. The van der Waals surface area contributed by atoms with Crippen molar-refractivity contribution in [2.75, 3.05) is 18.5 Å². The summed E-state index contributed by atoms with van der Waals surface area (Å²) >= 11 is 0. The molecule has 0 aliphatic heterocycles. The molecule has 3 rings (SSSR count). The number of hydrogen-bond donors (Lipinski definition) is 1. The highest BCUT2D eigenvalue weighted by Crippen LogP contribution is 2.22. The Morgan fingerprint density at radius 3 is 2.23 bits per heavy atom. The molecule has 0 unspecified atom stereocenters. The molecule has 0 aromatic heterocycles. The van der Waals surface area contributed by atoms with Gasteiger partial charge in [-0.1, -0.05) is 30.3 Å². The number of halogens is 1. The van der Waals surface area contributed by atoms with Crippen LogP contribution in [0.1, 0.15) is 12.5 Å². The maximum Gasteiger partial charge on any atom is 0.243 e. The maximum atomic E-state index is 13.3. The van der Waals surface area contributed by atoms with Crippen LogP contribution in [0.2, 0.25) is 0 Å². The number of hydrogen-bond acceptors (Lipinski definition) is 4. The monoisotopic (exact) mass is 442 g/mol. The Bertz CT molecular complexity index is 1100. The summed E-state index contributed by atoms with van der Waals surface area (Å²) in [5.41, 5.74) is 1.12. The van der Waals surface area contributed by atoms with Crippen LogP contribution in [0.4, 0.5) is 10.1 Å². The lowest BCUT2D eigenvalue weighted by molar-refractivity contribution is -0.116. The average molecular weight is 443 g/mol. The smallest absolute Gasteiger partial charge is 0.243 e. The number of nitrogens with one attached hydrogen (secondary N) is 1. The largest absolute Gasteiger partial charge is 0.494 e. The van der Waals surface area contributed by atoms with Crippen LogP contribution >= 0.6 is 0 Å². The third-order valence-corrected chi connectivity index (χ3v) is 6.23. The van der Waals surface area contributed by atoms with Gasteiger partial charge >= 0.3 is 0 Å². The molecule has 0 saturated carbocycles. The topological polar surface area (TPSA) is 75.7 Å². The molecule has 31 heavy (non-hydrogen) atoms. The van der Waals surface area contributed by atoms with Gasteiger partial charge in [-0.3, -0.25) is 4.79 Å². The number of nitrogens with zero attached hydrogens (tertiary/aromatic N) is 1. The summed E-state index contributed by atoms with van der Waals surface area (Å²) in [7, 11) is -3.97. The van der Waals surface area contributed by atoms with Crippen molar-refractivity contribution in [2.24, 2.45) is 0 Å². The van der Waals surface area contributed by atoms with E-state index in [4.69, 9.17) is 4.74 Å². The normalized spacial score (nSPS) is 11.3. The molecule has 162 valence electrons. The second-order valence-electron chi connectivity index (χ2n) is 6.72. The predicted molar refractivity (Wildman–Crippen MR) is 117 cm³/mol. The van der Waals surface area contributed by atoms with E-state index >= 15 is 0 Å². The van der Waals surface area contributed by atoms with Gasteiger partial charge in [0.2, 0.25) is 15.9 Å². The van der Waals surface area contributed by atoms with Crippen molar-refractivity contribution >= 4 is 21.6 Å². The molecule has 0 bridgehead atoms. The third kappa shape index (κ3) is 6.13. The van der Waals surface area contributed by atoms with Crippen molar-refractivity contribution in [1.29, 1.82) is 0 Å². The molecule has 8 heteroatoms. The van der Waals surface area contributed by atoms with Crippen LogP contribution in [0.5, 0.6) is 5.75 Å². The van der Waals surface area contributed by atoms with E-state index in [1.165, 1.54) is 36.4 Å². The number of anilines is 1. The van der Waals surface area contributed by atoms with E-state index in [0.29, 0.717) is 18.0 Å². The second kappa shape index (κ2) is 10.2. The van der Waals surface area contributed by atoms with Gasteiger partial charge in [-0.2, -0.15) is 4.31 Å². The van der Waals surface area contributed by atoms with Gasteiger partial charge in [0.15, 0.2) is 0 Å². The van der Waals surface area contributed by atoms with E-state index in [1.54, 1.807) is 36.4 Å². The zero-order valence-electron chi connectivity index (χ0n) is 17.0. The van der Waals surface area contributed by atoms with Gasteiger partial charge in [0.05, 0.1) is 18.0 Å². The quantitative estimate of drug-likeness (QED) is 0.542. The van der Waals surface area contributed by atoms with Gasteiger partial charge < -0.3 is 10.1 Å². The molecule has 0 fully saturated rings. The highest BCUT2D eigenvalue weighted by Gasteiger charge is 2.27. The summed E-state index contributed by atoms with van der Waals surface area (Å²) in [5.74, 6) is -0.399. The molecule has 0 atom stereocenters. The van der Waals surface area contributed by atoms with Crippen molar-refractivity contribution in [3.8, 4) is 5.75 Å². The Kier molecular flexibility index (Phi) is 7.38. The molecule has 1 N–H and O–H groups in total. The van der Waals surface area contributed by atoms with Crippen LogP contribution in [0.25, 0.3) is 0 Å². The summed E-state index contributed by atoms with van der Waals surface area (Å²) in [6.45, 7) is 1.93. The first-order chi connectivity index (χ1) is 14.9. The van der Waals surface area contributed by atoms with Crippen LogP contribution in [0, 0.1) is 5.82 Å². The summed E-state index contributed by atoms with van der Waals surface area (Å²) in [5, 5.41) is 2.60. The number of amides is 1. The number of rotatable bonds is 9. The Labute approximate surface area is 181 Å². The van der Waals surface area contributed by atoms with E-state index in [1.807, 2.05) is 13.0 Å². The maximum absolute atomic E-state index is 13.3. The Balaban J connectivity index is 1.84. The van der Waals surface area contributed by atoms with Gasteiger partial charge in [0.1, 0.15) is 11.6 Å². The van der Waals surface area contributed by atoms with Gasteiger partial charge in [0, 0.05) is 12.2 Å². The molecule has 6 nitrogen and oxygen atoms in total. The third-order valence-electron chi connectivity index (χ3n) is 4.42. The molecule has 3 aromatic carbocycles. The Morgan fingerprint density at radius 2 is 1.61 bits per heavy atom. The van der Waals surface area contributed by atoms with Crippen molar-refractivity contribution in [3.05, 3.63) is 90.2 Å². The standard InChI is InChI=1S/C23H23FN2O4S/c1-2-30-21-12-14-22(15-13-21)31(28,29)26(16-18-6-4-3-5-7-18)17-23(27)25-20-10-8-19(24)9-11-20/h3-15H,2,16-17H2,1H3,(H,25,27). The molecular weight excluding hydrogens is 419 g/mol. The summed E-state index contributed by atoms with van der Waals surface area (Å²) in [6, 6.07) is 20.3. The van der Waals surface area contributed by atoms with E-state index in [9.17, 15) is 17.6 Å². The van der Waals surface area contributed by atoms with Gasteiger partial charge in [-0.15, -0.1) is 0 Å². The zero-order chi connectivity index (χ0) is 22.3. The van der Waals surface area contributed by atoms with E-state index < -0.39 is 28.3 Å². The minimum atomic E-state index is -3.97. The first-order valence-electron chi connectivity index (χ1n) is 9.71. The molecular formula is C23H23FN2O4S. The van der Waals surface area contributed by atoms with Crippen LogP contribution in [-0.4, -0.2) is 31.8 Å². The zero-order valence-corrected chi connectivity index (χ0v) is 17.8. The Morgan fingerprint density at radius 1 is 0.968 bits per heavy atom. The highest BCUT2D eigenvalue weighted by molar-refractivity contribution is 7.89. The fourth-order valence-corrected chi connectivity index (χ4v) is 4.31. The molecule has 0 aliphatic carbocycles. The van der Waals surface area contributed by atoms with Crippen molar-refractivity contribution < 1.29 is 22.3 Å². The molecule has 0 heterocycles. The molecule has 1 amide bonds. The highest BCUT2D eigenvalue weighted by atomic mass is 32.2. The van der Waals surface area contributed by atoms with Crippen molar-refractivity contribution in [1.82, 2.24) is 4.31 Å². The molecule has 0 aliphatic rings. The SMILES string of the molecule is CCOc1ccc(S(=O)(=O)N(CC(=O)Nc2ccc(F)cc2)Cc2ccccc2)cc1. The molecule has 0 saturated heterocycles. The summed E-state index contributed by atoms with van der Waals surface area (Å²) < 4.78 is 46.2. The molecule has 0 spiro atoms. The predicted octanol–water partition coefficient (Wildman–Crippen LogP) is 4.05. The van der Waals surface area contributed by atoms with Gasteiger partial charge in [-0.05, 0) is 61.0 Å². The average Bonchev–Trinajstić information content (AvgIpc) is 2.76. The number of carbonyl (C=O) groups excluding carboxylic acids is 1. The van der Waals surface area contributed by atoms with Crippen LogP contribution in [-0.2, 0) is 21.4 Å². The van der Waals surface area contributed by atoms with Crippen LogP contribution < -0.4 is 10.1 Å². The van der Waals surface area contributed by atoms with Gasteiger partial charge in [0.25, 0.3) is 0 Å². The molecule has 3 aromatic rings. The molecule has 0 radical (unpaired) electrons. The lowest BCUT2D eigenvalue weighted by Gasteiger charge is -2.22. The number of sulfonamides is 1. The lowest BCUT2D eigenvalue weighted by atomic mass is 10.2. The van der Waals surface area contributed by atoms with E-state index in [-0.39, 0.29) is 11.4 Å². The fraction of sp³-hybridized carbons (Fsp3) is 0.174.